The molecule has 5 aromatic rings. The number of aryl methyl sites for hydroxylation is 2. The van der Waals surface area contributed by atoms with Gasteiger partial charge in [0.05, 0.1) is 33.8 Å². The number of β-amino-alcohol motifs (C(OH)–C–C–N with tert-alkyl or cyclic N) is 1. The fourth-order valence-corrected chi connectivity index (χ4v) is 8.97. The van der Waals surface area contributed by atoms with Gasteiger partial charge in [0.25, 0.3) is 17.7 Å². The van der Waals surface area contributed by atoms with E-state index in [4.69, 9.17) is 4.52 Å². The molecule has 18 heteroatoms. The summed E-state index contributed by atoms with van der Waals surface area (Å²) in [6.45, 7) is 7.47. The summed E-state index contributed by atoms with van der Waals surface area (Å²) in [5, 5.41) is 36.4. The lowest BCUT2D eigenvalue weighted by Crippen LogP contribution is -2.57. The molecule has 6 amide bonds. The van der Waals surface area contributed by atoms with Crippen LogP contribution in [0.3, 0.4) is 0 Å². The summed E-state index contributed by atoms with van der Waals surface area (Å²) in [4.78, 5) is 87.9. The molecule has 346 valence electrons. The van der Waals surface area contributed by atoms with Crippen LogP contribution in [0.2, 0.25) is 0 Å². The predicted molar refractivity (Wildman–Crippen MR) is 245 cm³/mol. The Labute approximate surface area is 386 Å². The number of nitrogens with one attached hydrogen (secondary N) is 4. The highest BCUT2D eigenvalue weighted by molar-refractivity contribution is 7.13. The molecule has 7 rings (SSSR count). The summed E-state index contributed by atoms with van der Waals surface area (Å²) in [7, 11) is 3.15. The van der Waals surface area contributed by atoms with E-state index in [1.807, 2.05) is 37.3 Å². The van der Waals surface area contributed by atoms with E-state index in [2.05, 4.69) is 31.4 Å². The second-order valence-corrected chi connectivity index (χ2v) is 18.8. The quantitative estimate of drug-likeness (QED) is 0.0906. The number of amides is 6. The minimum absolute atomic E-state index is 0.00789. The first-order valence-corrected chi connectivity index (χ1v) is 22.5. The number of thiazole rings is 1. The van der Waals surface area contributed by atoms with E-state index in [9.17, 15) is 39.0 Å². The van der Waals surface area contributed by atoms with Crippen LogP contribution in [0.4, 0.5) is 0 Å². The zero-order valence-electron chi connectivity index (χ0n) is 37.6. The maximum Gasteiger partial charge on any atom is 0.273 e. The summed E-state index contributed by atoms with van der Waals surface area (Å²) in [6.07, 6.45) is 0.260. The molecule has 0 saturated carbocycles. The molecular weight excluding hydrogens is 865 g/mol. The Kier molecular flexibility index (Phi) is 14.0. The Morgan fingerprint density at radius 1 is 0.955 bits per heavy atom. The van der Waals surface area contributed by atoms with Gasteiger partial charge in [-0.1, -0.05) is 62.3 Å². The van der Waals surface area contributed by atoms with Crippen LogP contribution in [0.5, 0.6) is 5.75 Å². The molecular formula is C48H54N8O9S. The Morgan fingerprint density at radius 3 is 2.38 bits per heavy atom. The van der Waals surface area contributed by atoms with Crippen molar-refractivity contribution in [1.82, 2.24) is 41.2 Å². The number of aliphatic hydroxyl groups excluding tert-OH is 1. The average Bonchev–Trinajstić information content (AvgIpc) is 4.11. The van der Waals surface area contributed by atoms with E-state index < -0.39 is 59.2 Å². The van der Waals surface area contributed by atoms with Gasteiger partial charge in [0, 0.05) is 63.8 Å². The number of fused-ring (bicyclic) bond motifs is 1. The molecule has 1 aliphatic carbocycles. The normalized spacial score (nSPS) is 17.1. The fraction of sp³-hybridized carbons (Fsp3) is 0.375. The van der Waals surface area contributed by atoms with Crippen LogP contribution < -0.4 is 21.3 Å². The van der Waals surface area contributed by atoms with Crippen LogP contribution in [0, 0.1) is 12.3 Å². The maximum absolute atomic E-state index is 14.1. The summed E-state index contributed by atoms with van der Waals surface area (Å²) < 4.78 is 5.39. The molecule has 1 saturated heterocycles. The number of carbonyl (C=O) groups excluding carboxylic acids is 6. The number of hydrogen-bond donors (Lipinski definition) is 6. The molecule has 1 aliphatic heterocycles. The van der Waals surface area contributed by atoms with Crippen molar-refractivity contribution in [3.63, 3.8) is 0 Å². The number of aliphatic hydroxyl groups is 1. The highest BCUT2D eigenvalue weighted by Gasteiger charge is 2.44. The topological polar surface area (TPSA) is 236 Å². The molecule has 4 atom stereocenters. The van der Waals surface area contributed by atoms with Crippen molar-refractivity contribution in [2.45, 2.75) is 84.2 Å². The first-order valence-electron chi connectivity index (χ1n) is 21.7. The van der Waals surface area contributed by atoms with Crippen LogP contribution in [-0.2, 0) is 27.3 Å². The van der Waals surface area contributed by atoms with Crippen LogP contribution >= 0.6 is 11.3 Å². The van der Waals surface area contributed by atoms with Gasteiger partial charge in [0.1, 0.15) is 17.8 Å². The molecule has 0 bridgehead atoms. The second-order valence-electron chi connectivity index (χ2n) is 17.9. The Hall–Kier alpha value is -6.92. The van der Waals surface area contributed by atoms with Crippen molar-refractivity contribution < 1.29 is 43.5 Å². The van der Waals surface area contributed by atoms with E-state index in [0.29, 0.717) is 24.0 Å². The lowest BCUT2D eigenvalue weighted by atomic mass is 9.85. The number of benzene rings is 3. The van der Waals surface area contributed by atoms with Crippen molar-refractivity contribution in [2.75, 3.05) is 27.2 Å². The largest absolute Gasteiger partial charge is 0.507 e. The van der Waals surface area contributed by atoms with Crippen LogP contribution in [0.1, 0.15) is 99.7 Å². The van der Waals surface area contributed by atoms with Gasteiger partial charge in [-0.25, -0.2) is 4.98 Å². The molecule has 3 aromatic carbocycles. The second kappa shape index (κ2) is 19.7. The molecule has 2 aliphatic rings. The van der Waals surface area contributed by atoms with Crippen molar-refractivity contribution >= 4 is 46.8 Å². The van der Waals surface area contributed by atoms with Crippen molar-refractivity contribution in [1.29, 1.82) is 0 Å². The van der Waals surface area contributed by atoms with E-state index in [1.165, 1.54) is 28.0 Å². The molecule has 3 heterocycles. The minimum Gasteiger partial charge on any atom is -0.507 e. The van der Waals surface area contributed by atoms with Crippen molar-refractivity contribution in [3.8, 4) is 27.5 Å². The summed E-state index contributed by atoms with van der Waals surface area (Å²) in [5.74, 6) is -2.70. The molecule has 2 aromatic heterocycles. The Bertz CT molecular complexity index is 2650. The number of carbonyl (C=O) groups is 6. The number of likely N-dealkylation sites (tertiary alicyclic amines) is 1. The Balaban J connectivity index is 0.908. The zero-order chi connectivity index (χ0) is 47.4. The molecule has 0 radical (unpaired) electrons. The first kappa shape index (κ1) is 47.1. The van der Waals surface area contributed by atoms with Gasteiger partial charge in [-0.15, -0.1) is 11.3 Å². The summed E-state index contributed by atoms with van der Waals surface area (Å²) in [5.41, 5.74) is 6.49. The van der Waals surface area contributed by atoms with E-state index in [-0.39, 0.29) is 61.2 Å². The molecule has 0 spiro atoms. The van der Waals surface area contributed by atoms with E-state index >= 15 is 0 Å². The molecule has 17 nitrogen and oxygen atoms in total. The lowest BCUT2D eigenvalue weighted by molar-refractivity contribution is -0.144. The van der Waals surface area contributed by atoms with Gasteiger partial charge in [0.15, 0.2) is 11.5 Å². The van der Waals surface area contributed by atoms with Crippen LogP contribution in [-0.4, -0.2) is 111 Å². The monoisotopic (exact) mass is 918 g/mol. The van der Waals surface area contributed by atoms with Gasteiger partial charge in [-0.2, -0.15) is 0 Å². The number of aromatic hydroxyl groups is 1. The van der Waals surface area contributed by atoms with Gasteiger partial charge in [-0.3, -0.25) is 28.8 Å². The van der Waals surface area contributed by atoms with Gasteiger partial charge < -0.3 is 45.8 Å². The SMILES string of the molecule is Cc1ncsc1-c1ccc(CNC(=O)[C@@H]2C[C@@H](O)CN2C(=O)[C@@H](NC(=O)CCNC(=O)c2ccc3c(c2)[C@H](NC(=O)c2cc(-c4ccc(C(=O)N(C)C)c(O)c4)on2)CC3)C(C)(C)C)cc1. The standard InChI is InChI=1S/C48H54N8O9S/c1-26-41(66-25-51-26)29-9-7-27(8-10-29)23-50-45(62)37-21-32(57)24-56(37)47(64)42(48(2,3)4)53-40(59)17-18-49-43(60)31-12-11-28-14-16-35(34(28)19-31)52-44(61)36-22-39(65-54-36)30-13-15-33(38(58)20-30)46(63)55(5)6/h7-13,15,19-20,22,25,32,35,37,42,57-58H,14,16-18,21,23-24H2,1-6H3,(H,49,60)(H,50,62)(H,52,61)(H,53,59)/t32-,35-,37+,42-/m1/s1. The van der Waals surface area contributed by atoms with Crippen LogP contribution in [0.25, 0.3) is 21.8 Å². The molecule has 1 fully saturated rings. The lowest BCUT2D eigenvalue weighted by Gasteiger charge is -2.35. The number of phenolic OH excluding ortho intramolecular Hbond substituents is 1. The van der Waals surface area contributed by atoms with Crippen molar-refractivity contribution in [2.24, 2.45) is 5.41 Å². The zero-order valence-corrected chi connectivity index (χ0v) is 38.5. The molecule has 6 N–H and O–H groups in total. The number of aromatic nitrogens is 2. The number of nitrogens with zero attached hydrogens (tertiary/aromatic N) is 4. The predicted octanol–water partition coefficient (Wildman–Crippen LogP) is 4.53. The third kappa shape index (κ3) is 10.6. The third-order valence-electron chi connectivity index (χ3n) is 11.8. The van der Waals surface area contributed by atoms with E-state index in [0.717, 1.165) is 32.8 Å². The maximum atomic E-state index is 14.1. The van der Waals surface area contributed by atoms with Crippen LogP contribution in [0.15, 0.2) is 76.8 Å². The average molecular weight is 919 g/mol. The molecule has 66 heavy (non-hydrogen) atoms. The highest BCUT2D eigenvalue weighted by Crippen LogP contribution is 2.34. The van der Waals surface area contributed by atoms with Gasteiger partial charge in [-0.05, 0) is 71.7 Å². The number of phenols is 1. The smallest absolute Gasteiger partial charge is 0.273 e. The summed E-state index contributed by atoms with van der Waals surface area (Å²) in [6, 6.07) is 16.5. The first-order chi connectivity index (χ1) is 31.4. The van der Waals surface area contributed by atoms with Gasteiger partial charge in [0.2, 0.25) is 17.7 Å². The van der Waals surface area contributed by atoms with Gasteiger partial charge >= 0.3 is 0 Å². The number of rotatable bonds is 14. The highest BCUT2D eigenvalue weighted by atomic mass is 32.1. The molecule has 0 unspecified atom stereocenters. The summed E-state index contributed by atoms with van der Waals surface area (Å²) >= 11 is 1.56. The Morgan fingerprint density at radius 2 is 1.70 bits per heavy atom. The number of hydrogen-bond acceptors (Lipinski definition) is 12. The van der Waals surface area contributed by atoms with E-state index in [1.54, 1.807) is 69.9 Å². The van der Waals surface area contributed by atoms with Crippen molar-refractivity contribution in [3.05, 3.63) is 111 Å². The minimum atomic E-state index is -1.03. The fourth-order valence-electron chi connectivity index (χ4n) is 8.16. The third-order valence-corrected chi connectivity index (χ3v) is 12.8.